The molecule has 1 fully saturated rings. The van der Waals surface area contributed by atoms with E-state index in [2.05, 4.69) is 19.2 Å². The number of carbonyl (C=O) groups excluding carboxylic acids is 1. The van der Waals surface area contributed by atoms with E-state index >= 15 is 0 Å². The van der Waals surface area contributed by atoms with Crippen molar-refractivity contribution in [3.8, 4) is 0 Å². The standard InChI is InChI=1S/C15H28N2O3/c1-11(2)6-7-12(3)16-14(18)10-17-8-4-5-13(17)9-15(19)20/h11-13H,4-10H2,1-3H3,(H,16,18)(H,19,20). The van der Waals surface area contributed by atoms with Crippen LogP contribution in [0, 0.1) is 5.92 Å². The molecule has 0 aromatic carbocycles. The molecule has 0 radical (unpaired) electrons. The van der Waals surface area contributed by atoms with E-state index in [1.54, 1.807) is 0 Å². The highest BCUT2D eigenvalue weighted by atomic mass is 16.4. The topological polar surface area (TPSA) is 69.6 Å². The number of carboxylic acid groups (broad SMARTS) is 1. The van der Waals surface area contributed by atoms with Crippen molar-refractivity contribution in [2.45, 2.75) is 65.0 Å². The van der Waals surface area contributed by atoms with Crippen LogP contribution in [0.2, 0.25) is 0 Å². The molecule has 0 spiro atoms. The second-order valence-corrected chi connectivity index (χ2v) is 6.30. The maximum atomic E-state index is 12.0. The molecule has 1 amide bonds. The van der Waals surface area contributed by atoms with Crippen LogP contribution in [-0.4, -0.2) is 47.1 Å². The lowest BCUT2D eigenvalue weighted by molar-refractivity contribution is -0.138. The van der Waals surface area contributed by atoms with Crippen molar-refractivity contribution in [2.75, 3.05) is 13.1 Å². The van der Waals surface area contributed by atoms with Crippen LogP contribution >= 0.6 is 0 Å². The van der Waals surface area contributed by atoms with Gasteiger partial charge in [0.05, 0.1) is 13.0 Å². The molecule has 2 atom stereocenters. The smallest absolute Gasteiger partial charge is 0.304 e. The van der Waals surface area contributed by atoms with Gasteiger partial charge in [-0.2, -0.15) is 0 Å². The maximum Gasteiger partial charge on any atom is 0.304 e. The zero-order valence-corrected chi connectivity index (χ0v) is 12.9. The maximum absolute atomic E-state index is 12.0. The van der Waals surface area contributed by atoms with Crippen LogP contribution < -0.4 is 5.32 Å². The number of carboxylic acids is 1. The molecule has 1 saturated heterocycles. The van der Waals surface area contributed by atoms with Crippen molar-refractivity contribution in [2.24, 2.45) is 5.92 Å². The van der Waals surface area contributed by atoms with Crippen LogP contribution in [0.1, 0.15) is 52.9 Å². The third-order valence-electron chi connectivity index (χ3n) is 3.84. The molecule has 0 aliphatic carbocycles. The summed E-state index contributed by atoms with van der Waals surface area (Å²) in [6.07, 6.45) is 4.08. The van der Waals surface area contributed by atoms with E-state index in [1.165, 1.54) is 0 Å². The lowest BCUT2D eigenvalue weighted by atomic mass is 10.0. The van der Waals surface area contributed by atoms with Crippen LogP contribution in [0.3, 0.4) is 0 Å². The summed E-state index contributed by atoms with van der Waals surface area (Å²) in [5.41, 5.74) is 0. The zero-order valence-electron chi connectivity index (χ0n) is 12.9. The Morgan fingerprint density at radius 2 is 2.00 bits per heavy atom. The van der Waals surface area contributed by atoms with Crippen molar-refractivity contribution in [1.29, 1.82) is 0 Å². The average Bonchev–Trinajstić information content (AvgIpc) is 2.73. The van der Waals surface area contributed by atoms with Gasteiger partial charge < -0.3 is 10.4 Å². The number of nitrogens with zero attached hydrogens (tertiary/aromatic N) is 1. The van der Waals surface area contributed by atoms with Gasteiger partial charge in [-0.25, -0.2) is 0 Å². The lowest BCUT2D eigenvalue weighted by Gasteiger charge is -2.23. The van der Waals surface area contributed by atoms with Gasteiger partial charge in [-0.3, -0.25) is 14.5 Å². The fraction of sp³-hybridized carbons (Fsp3) is 0.867. The Balaban J connectivity index is 2.32. The summed E-state index contributed by atoms with van der Waals surface area (Å²) >= 11 is 0. The first kappa shape index (κ1) is 17.0. The van der Waals surface area contributed by atoms with Gasteiger partial charge in [0.15, 0.2) is 0 Å². The molecule has 20 heavy (non-hydrogen) atoms. The van der Waals surface area contributed by atoms with Gasteiger partial charge in [0.25, 0.3) is 0 Å². The SMILES string of the molecule is CC(C)CCC(C)NC(=O)CN1CCCC1CC(=O)O. The highest BCUT2D eigenvalue weighted by Crippen LogP contribution is 2.19. The van der Waals surface area contributed by atoms with E-state index < -0.39 is 5.97 Å². The van der Waals surface area contributed by atoms with E-state index in [4.69, 9.17) is 5.11 Å². The van der Waals surface area contributed by atoms with E-state index in [-0.39, 0.29) is 24.4 Å². The minimum atomic E-state index is -0.785. The van der Waals surface area contributed by atoms with E-state index in [0.717, 1.165) is 32.2 Å². The first-order valence-corrected chi connectivity index (χ1v) is 7.63. The fourth-order valence-corrected chi connectivity index (χ4v) is 2.70. The highest BCUT2D eigenvalue weighted by molar-refractivity contribution is 5.78. The molecule has 116 valence electrons. The molecule has 5 nitrogen and oxygen atoms in total. The van der Waals surface area contributed by atoms with Gasteiger partial charge >= 0.3 is 5.97 Å². The predicted octanol–water partition coefficient (Wildman–Crippen LogP) is 1.87. The quantitative estimate of drug-likeness (QED) is 0.714. The second kappa shape index (κ2) is 8.25. The molecule has 0 bridgehead atoms. The molecular weight excluding hydrogens is 256 g/mol. The first-order valence-electron chi connectivity index (χ1n) is 7.63. The number of carbonyl (C=O) groups is 2. The number of hydrogen-bond acceptors (Lipinski definition) is 3. The van der Waals surface area contributed by atoms with Gasteiger partial charge in [-0.05, 0) is 45.1 Å². The number of likely N-dealkylation sites (tertiary alicyclic amines) is 1. The van der Waals surface area contributed by atoms with E-state index in [0.29, 0.717) is 12.5 Å². The summed E-state index contributed by atoms with van der Waals surface area (Å²) in [5.74, 6) is -0.126. The molecule has 0 aromatic rings. The van der Waals surface area contributed by atoms with Gasteiger partial charge in [-0.15, -0.1) is 0 Å². The number of amides is 1. The molecule has 2 N–H and O–H groups in total. The molecule has 1 aliphatic heterocycles. The predicted molar refractivity (Wildman–Crippen MR) is 78.5 cm³/mol. The molecule has 1 rings (SSSR count). The Bertz CT molecular complexity index is 331. The molecule has 5 heteroatoms. The third-order valence-corrected chi connectivity index (χ3v) is 3.84. The van der Waals surface area contributed by atoms with Crippen LogP contribution in [0.25, 0.3) is 0 Å². The second-order valence-electron chi connectivity index (χ2n) is 6.30. The van der Waals surface area contributed by atoms with Gasteiger partial charge in [0.2, 0.25) is 5.91 Å². The van der Waals surface area contributed by atoms with E-state index in [1.807, 2.05) is 11.8 Å². The number of aliphatic carboxylic acids is 1. The number of hydrogen-bond donors (Lipinski definition) is 2. The van der Waals surface area contributed by atoms with Crippen molar-refractivity contribution >= 4 is 11.9 Å². The van der Waals surface area contributed by atoms with Gasteiger partial charge in [0, 0.05) is 12.1 Å². The Kier molecular flexibility index (Phi) is 6.99. The minimum absolute atomic E-state index is 0.0125. The van der Waals surface area contributed by atoms with Gasteiger partial charge in [0.1, 0.15) is 0 Å². The fourth-order valence-electron chi connectivity index (χ4n) is 2.70. The average molecular weight is 284 g/mol. The lowest BCUT2D eigenvalue weighted by Crippen LogP contribution is -2.43. The van der Waals surface area contributed by atoms with E-state index in [9.17, 15) is 9.59 Å². The van der Waals surface area contributed by atoms with Crippen LogP contribution in [0.15, 0.2) is 0 Å². The monoisotopic (exact) mass is 284 g/mol. The molecule has 1 heterocycles. The Hall–Kier alpha value is -1.10. The highest BCUT2D eigenvalue weighted by Gasteiger charge is 2.28. The molecule has 1 aliphatic rings. The van der Waals surface area contributed by atoms with Gasteiger partial charge in [-0.1, -0.05) is 13.8 Å². The van der Waals surface area contributed by atoms with Crippen molar-refractivity contribution < 1.29 is 14.7 Å². The molecular formula is C15H28N2O3. The number of rotatable bonds is 8. The Morgan fingerprint density at radius 1 is 1.30 bits per heavy atom. The summed E-state index contributed by atoms with van der Waals surface area (Å²) in [4.78, 5) is 24.8. The van der Waals surface area contributed by atoms with Crippen molar-refractivity contribution in [1.82, 2.24) is 10.2 Å². The van der Waals surface area contributed by atoms with Crippen molar-refractivity contribution in [3.63, 3.8) is 0 Å². The van der Waals surface area contributed by atoms with Crippen LogP contribution in [-0.2, 0) is 9.59 Å². The summed E-state index contributed by atoms with van der Waals surface area (Å²) in [6, 6.07) is 0.203. The summed E-state index contributed by atoms with van der Waals surface area (Å²) in [6.45, 7) is 7.53. The minimum Gasteiger partial charge on any atom is -0.481 e. The normalized spacial score (nSPS) is 21.1. The largest absolute Gasteiger partial charge is 0.481 e. The summed E-state index contributed by atoms with van der Waals surface area (Å²) < 4.78 is 0. The Labute approximate surface area is 121 Å². The van der Waals surface area contributed by atoms with Crippen molar-refractivity contribution in [3.05, 3.63) is 0 Å². The Morgan fingerprint density at radius 3 is 2.60 bits per heavy atom. The summed E-state index contributed by atoms with van der Waals surface area (Å²) in [7, 11) is 0. The van der Waals surface area contributed by atoms with Crippen LogP contribution in [0.4, 0.5) is 0 Å². The number of nitrogens with one attached hydrogen (secondary N) is 1. The molecule has 0 aromatic heterocycles. The van der Waals surface area contributed by atoms with Crippen LogP contribution in [0.5, 0.6) is 0 Å². The molecule has 2 unspecified atom stereocenters. The third kappa shape index (κ3) is 6.37. The zero-order chi connectivity index (χ0) is 15.1. The summed E-state index contributed by atoms with van der Waals surface area (Å²) in [5, 5.41) is 11.9. The first-order chi connectivity index (χ1) is 9.38. The molecule has 0 saturated carbocycles.